The van der Waals surface area contributed by atoms with Crippen molar-refractivity contribution in [2.45, 2.75) is 49.4 Å². The van der Waals surface area contributed by atoms with Crippen molar-refractivity contribution in [2.24, 2.45) is 0 Å². The molecule has 4 N–H and O–H groups in total. The highest BCUT2D eigenvalue weighted by Gasteiger charge is 2.42. The van der Waals surface area contributed by atoms with E-state index in [1.54, 1.807) is 0 Å². The maximum atomic E-state index is 12.0. The van der Waals surface area contributed by atoms with Gasteiger partial charge in [0.15, 0.2) is 0 Å². The highest BCUT2D eigenvalue weighted by Crippen LogP contribution is 2.33. The fourth-order valence-electron chi connectivity index (χ4n) is 3.81. The van der Waals surface area contributed by atoms with Crippen molar-refractivity contribution < 1.29 is 9.59 Å². The summed E-state index contributed by atoms with van der Waals surface area (Å²) in [6, 6.07) is 8.41. The quantitative estimate of drug-likeness (QED) is 0.411. The van der Waals surface area contributed by atoms with Gasteiger partial charge in [-0.1, -0.05) is 18.6 Å². The van der Waals surface area contributed by atoms with Crippen LogP contribution in [0.5, 0.6) is 0 Å². The Balaban J connectivity index is 1.11. The van der Waals surface area contributed by atoms with Gasteiger partial charge >= 0.3 is 6.03 Å². The number of thioether (sulfide) groups is 1. The molecule has 3 heterocycles. The molecule has 3 unspecified atom stereocenters. The van der Waals surface area contributed by atoms with Crippen LogP contribution in [0.1, 0.15) is 31.5 Å². The smallest absolute Gasteiger partial charge is 0.315 e. The first-order valence-electron chi connectivity index (χ1n) is 9.58. The van der Waals surface area contributed by atoms with Gasteiger partial charge in [0.05, 0.1) is 23.1 Å². The van der Waals surface area contributed by atoms with Crippen LogP contribution in [0.3, 0.4) is 0 Å². The van der Waals surface area contributed by atoms with Crippen LogP contribution in [0.4, 0.5) is 4.79 Å². The summed E-state index contributed by atoms with van der Waals surface area (Å²) >= 11 is 1.92. The number of hydrogen-bond donors (Lipinski definition) is 4. The molecular formula is C19H25N5O2S. The number of para-hydroxylation sites is 2. The Morgan fingerprint density at radius 1 is 1.26 bits per heavy atom. The van der Waals surface area contributed by atoms with E-state index in [2.05, 4.69) is 25.9 Å². The minimum Gasteiger partial charge on any atom is -0.356 e. The summed E-state index contributed by atoms with van der Waals surface area (Å²) in [5, 5.41) is 9.40. The van der Waals surface area contributed by atoms with Crippen LogP contribution < -0.4 is 16.0 Å². The minimum absolute atomic E-state index is 0.0425. The van der Waals surface area contributed by atoms with E-state index in [1.807, 2.05) is 36.0 Å². The van der Waals surface area contributed by atoms with Crippen molar-refractivity contribution in [3.63, 3.8) is 0 Å². The zero-order valence-corrected chi connectivity index (χ0v) is 16.0. The Morgan fingerprint density at radius 2 is 2.15 bits per heavy atom. The normalized spacial score (nSPS) is 23.9. The lowest BCUT2D eigenvalue weighted by atomic mass is 10.0. The molecule has 2 aliphatic rings. The molecule has 2 aromatic rings. The largest absolute Gasteiger partial charge is 0.356 e. The van der Waals surface area contributed by atoms with E-state index >= 15 is 0 Å². The van der Waals surface area contributed by atoms with Gasteiger partial charge in [-0.15, -0.1) is 0 Å². The number of nitrogens with one attached hydrogen (secondary N) is 4. The maximum Gasteiger partial charge on any atom is 0.315 e. The third-order valence-electron chi connectivity index (χ3n) is 5.20. The van der Waals surface area contributed by atoms with E-state index in [0.717, 1.165) is 41.9 Å². The van der Waals surface area contributed by atoms with Gasteiger partial charge in [0.25, 0.3) is 0 Å². The standard InChI is InChI=1S/C19H25N5O2S/c25-17(20-10-9-16-21-12-5-1-2-6-13(12)22-16)8-4-3-7-15-18-14(11-27-15)23-19(26)24-18/h1-2,5-6,14-15,18H,3-4,7-11H2,(H,20,25)(H,21,22)(H2,23,24,26). The molecular weight excluding hydrogens is 362 g/mol. The number of benzene rings is 1. The third-order valence-corrected chi connectivity index (χ3v) is 6.71. The fourth-order valence-corrected chi connectivity index (χ4v) is 5.35. The van der Waals surface area contributed by atoms with Gasteiger partial charge in [0.2, 0.25) is 5.91 Å². The number of carbonyl (C=O) groups excluding carboxylic acids is 2. The average Bonchev–Trinajstić information content (AvgIpc) is 3.32. The summed E-state index contributed by atoms with van der Waals surface area (Å²) in [7, 11) is 0. The lowest BCUT2D eigenvalue weighted by Gasteiger charge is -2.16. The maximum absolute atomic E-state index is 12.0. The van der Waals surface area contributed by atoms with Gasteiger partial charge in [0, 0.05) is 30.4 Å². The van der Waals surface area contributed by atoms with Crippen molar-refractivity contribution in [1.82, 2.24) is 25.9 Å². The summed E-state index contributed by atoms with van der Waals surface area (Å²) in [5.74, 6) is 1.98. The number of unbranched alkanes of at least 4 members (excludes halogenated alkanes) is 1. The van der Waals surface area contributed by atoms with E-state index in [1.165, 1.54) is 0 Å². The highest BCUT2D eigenvalue weighted by atomic mass is 32.2. The zero-order chi connectivity index (χ0) is 18.6. The number of nitrogens with zero attached hydrogens (tertiary/aromatic N) is 1. The molecule has 27 heavy (non-hydrogen) atoms. The number of aromatic amines is 1. The second kappa shape index (κ2) is 8.21. The summed E-state index contributed by atoms with van der Waals surface area (Å²) < 4.78 is 0. The Kier molecular flexibility index (Phi) is 5.52. The molecule has 4 rings (SSSR count). The number of urea groups is 1. The van der Waals surface area contributed by atoms with E-state index in [0.29, 0.717) is 24.6 Å². The Labute approximate surface area is 162 Å². The lowest BCUT2D eigenvalue weighted by Crippen LogP contribution is -2.36. The summed E-state index contributed by atoms with van der Waals surface area (Å²) in [6.07, 6.45) is 4.19. The van der Waals surface area contributed by atoms with Crippen LogP contribution in [-0.4, -0.2) is 51.5 Å². The van der Waals surface area contributed by atoms with E-state index in [4.69, 9.17) is 0 Å². The molecule has 2 fully saturated rings. The Hall–Kier alpha value is -2.22. The Morgan fingerprint density at radius 3 is 3.04 bits per heavy atom. The SMILES string of the molecule is O=C(CCCCC1SCC2NC(=O)NC21)NCCc1nc2ccccc2[nH]1. The van der Waals surface area contributed by atoms with Crippen molar-refractivity contribution in [1.29, 1.82) is 0 Å². The van der Waals surface area contributed by atoms with Crippen LogP contribution >= 0.6 is 11.8 Å². The van der Waals surface area contributed by atoms with Gasteiger partial charge in [-0.3, -0.25) is 4.79 Å². The number of carbonyl (C=O) groups is 2. The molecule has 0 bridgehead atoms. The molecule has 1 aromatic heterocycles. The molecule has 3 atom stereocenters. The van der Waals surface area contributed by atoms with E-state index in [9.17, 15) is 9.59 Å². The van der Waals surface area contributed by atoms with Gasteiger partial charge in [-0.05, 0) is 25.0 Å². The highest BCUT2D eigenvalue weighted by molar-refractivity contribution is 8.00. The lowest BCUT2D eigenvalue weighted by molar-refractivity contribution is -0.121. The van der Waals surface area contributed by atoms with Gasteiger partial charge in [0.1, 0.15) is 5.82 Å². The van der Waals surface area contributed by atoms with Crippen LogP contribution in [-0.2, 0) is 11.2 Å². The number of amides is 3. The van der Waals surface area contributed by atoms with E-state index in [-0.39, 0.29) is 24.0 Å². The predicted molar refractivity (Wildman–Crippen MR) is 107 cm³/mol. The minimum atomic E-state index is -0.0425. The Bertz CT molecular complexity index is 790. The number of fused-ring (bicyclic) bond motifs is 2. The van der Waals surface area contributed by atoms with Crippen molar-refractivity contribution in [2.75, 3.05) is 12.3 Å². The first-order chi connectivity index (χ1) is 13.2. The van der Waals surface area contributed by atoms with Gasteiger partial charge in [-0.2, -0.15) is 11.8 Å². The molecule has 1 aromatic carbocycles. The number of imidazole rings is 1. The molecule has 7 nitrogen and oxygen atoms in total. The topological polar surface area (TPSA) is 98.9 Å². The molecule has 0 spiro atoms. The van der Waals surface area contributed by atoms with Crippen LogP contribution in [0.2, 0.25) is 0 Å². The fraction of sp³-hybridized carbons (Fsp3) is 0.526. The zero-order valence-electron chi connectivity index (χ0n) is 15.2. The average molecular weight is 388 g/mol. The first kappa shape index (κ1) is 18.2. The molecule has 0 aliphatic carbocycles. The molecule has 2 saturated heterocycles. The second-order valence-corrected chi connectivity index (χ2v) is 8.44. The van der Waals surface area contributed by atoms with Crippen molar-refractivity contribution in [3.8, 4) is 0 Å². The van der Waals surface area contributed by atoms with Gasteiger partial charge in [-0.25, -0.2) is 9.78 Å². The number of hydrogen-bond acceptors (Lipinski definition) is 4. The number of rotatable bonds is 8. The molecule has 0 radical (unpaired) electrons. The molecule has 0 saturated carbocycles. The molecule has 8 heteroatoms. The molecule has 2 aliphatic heterocycles. The number of aromatic nitrogens is 2. The van der Waals surface area contributed by atoms with Gasteiger partial charge < -0.3 is 20.9 Å². The first-order valence-corrected chi connectivity index (χ1v) is 10.6. The molecule has 144 valence electrons. The summed E-state index contributed by atoms with van der Waals surface area (Å²) in [6.45, 7) is 0.596. The summed E-state index contributed by atoms with van der Waals surface area (Å²) in [4.78, 5) is 31.2. The summed E-state index contributed by atoms with van der Waals surface area (Å²) in [5.41, 5.74) is 1.99. The third kappa shape index (κ3) is 4.37. The molecule has 3 amide bonds. The van der Waals surface area contributed by atoms with Crippen molar-refractivity contribution >= 4 is 34.7 Å². The monoisotopic (exact) mass is 387 g/mol. The van der Waals surface area contributed by atoms with Crippen LogP contribution in [0.15, 0.2) is 24.3 Å². The number of H-pyrrole nitrogens is 1. The predicted octanol–water partition coefficient (Wildman–Crippen LogP) is 1.95. The second-order valence-electron chi connectivity index (χ2n) is 7.17. The van der Waals surface area contributed by atoms with E-state index < -0.39 is 0 Å². The van der Waals surface area contributed by atoms with Crippen molar-refractivity contribution in [3.05, 3.63) is 30.1 Å². The van der Waals surface area contributed by atoms with Crippen LogP contribution in [0.25, 0.3) is 11.0 Å². The van der Waals surface area contributed by atoms with Crippen LogP contribution in [0, 0.1) is 0 Å².